The van der Waals surface area contributed by atoms with Crippen LogP contribution in [0.2, 0.25) is 0 Å². The van der Waals surface area contributed by atoms with Crippen LogP contribution in [0.3, 0.4) is 0 Å². The Morgan fingerprint density at radius 1 is 1.30 bits per heavy atom. The SMILES string of the molecule is CC(C)(C)OC(=O)N1CC=C(c2ccc(F)c3occc23)CC1. The van der Waals surface area contributed by atoms with Gasteiger partial charge in [0.2, 0.25) is 0 Å². The molecule has 3 rings (SSSR count). The minimum Gasteiger partial charge on any atom is -0.461 e. The van der Waals surface area contributed by atoms with E-state index in [0.29, 0.717) is 19.5 Å². The number of benzene rings is 1. The number of halogens is 1. The maximum atomic E-state index is 13.7. The molecule has 0 bridgehead atoms. The first-order valence-electron chi connectivity index (χ1n) is 7.68. The summed E-state index contributed by atoms with van der Waals surface area (Å²) in [5, 5.41) is 0.766. The number of nitrogens with zero attached hydrogens (tertiary/aromatic N) is 1. The summed E-state index contributed by atoms with van der Waals surface area (Å²) in [5.74, 6) is -0.361. The van der Waals surface area contributed by atoms with Crippen molar-refractivity contribution in [3.05, 3.63) is 41.9 Å². The van der Waals surface area contributed by atoms with E-state index in [2.05, 4.69) is 0 Å². The molecule has 5 heteroatoms. The standard InChI is InChI=1S/C18H20FNO3/c1-18(2,3)23-17(21)20-9-6-12(7-10-20)13-4-5-15(19)16-14(13)8-11-22-16/h4-6,8,11H,7,9-10H2,1-3H3. The smallest absolute Gasteiger partial charge is 0.410 e. The summed E-state index contributed by atoms with van der Waals surface area (Å²) >= 11 is 0. The average molecular weight is 317 g/mol. The Bertz CT molecular complexity index is 770. The summed E-state index contributed by atoms with van der Waals surface area (Å²) in [5.41, 5.74) is 1.83. The largest absolute Gasteiger partial charge is 0.461 e. The summed E-state index contributed by atoms with van der Waals surface area (Å²) in [4.78, 5) is 13.8. The van der Waals surface area contributed by atoms with Crippen molar-refractivity contribution in [2.75, 3.05) is 13.1 Å². The topological polar surface area (TPSA) is 42.7 Å². The van der Waals surface area contributed by atoms with Crippen LogP contribution in [0, 0.1) is 5.82 Å². The summed E-state index contributed by atoms with van der Waals surface area (Å²) in [6, 6.07) is 4.96. The van der Waals surface area contributed by atoms with Gasteiger partial charge in [-0.2, -0.15) is 0 Å². The van der Waals surface area contributed by atoms with Crippen LogP contribution < -0.4 is 0 Å². The second-order valence-electron chi connectivity index (χ2n) is 6.66. The monoisotopic (exact) mass is 317 g/mol. The zero-order valence-electron chi connectivity index (χ0n) is 13.6. The lowest BCUT2D eigenvalue weighted by Gasteiger charge is -2.29. The second kappa shape index (κ2) is 5.72. The van der Waals surface area contributed by atoms with E-state index in [-0.39, 0.29) is 17.5 Å². The van der Waals surface area contributed by atoms with Crippen LogP contribution in [-0.2, 0) is 4.74 Å². The van der Waals surface area contributed by atoms with Gasteiger partial charge in [0.1, 0.15) is 5.60 Å². The first-order chi connectivity index (χ1) is 10.8. The van der Waals surface area contributed by atoms with Crippen molar-refractivity contribution < 1.29 is 18.3 Å². The van der Waals surface area contributed by atoms with Crippen LogP contribution >= 0.6 is 0 Å². The number of carbonyl (C=O) groups excluding carboxylic acids is 1. The zero-order chi connectivity index (χ0) is 16.6. The number of carbonyl (C=O) groups is 1. The fraction of sp³-hybridized carbons (Fsp3) is 0.389. The number of ether oxygens (including phenoxy) is 1. The molecule has 0 unspecified atom stereocenters. The molecule has 1 aliphatic heterocycles. The molecule has 1 aromatic carbocycles. The normalized spacial score (nSPS) is 15.7. The van der Waals surface area contributed by atoms with Gasteiger partial charge in [0.15, 0.2) is 11.4 Å². The number of fused-ring (bicyclic) bond motifs is 1. The van der Waals surface area contributed by atoms with E-state index in [1.165, 1.54) is 12.3 Å². The predicted octanol–water partition coefficient (Wildman–Crippen LogP) is 4.60. The van der Waals surface area contributed by atoms with Gasteiger partial charge in [0, 0.05) is 18.5 Å². The number of furan rings is 1. The number of rotatable bonds is 1. The Balaban J connectivity index is 1.80. The van der Waals surface area contributed by atoms with E-state index < -0.39 is 5.60 Å². The van der Waals surface area contributed by atoms with Gasteiger partial charge in [-0.25, -0.2) is 9.18 Å². The van der Waals surface area contributed by atoms with Crippen molar-refractivity contribution in [3.8, 4) is 0 Å². The zero-order valence-corrected chi connectivity index (χ0v) is 13.6. The van der Waals surface area contributed by atoms with E-state index in [9.17, 15) is 9.18 Å². The molecule has 2 aromatic rings. The highest BCUT2D eigenvalue weighted by molar-refractivity contribution is 5.91. The molecule has 1 aromatic heterocycles. The van der Waals surface area contributed by atoms with Crippen LogP contribution in [0.1, 0.15) is 32.8 Å². The molecule has 0 aliphatic carbocycles. The van der Waals surface area contributed by atoms with Gasteiger partial charge in [0.05, 0.1) is 6.26 Å². The molecular formula is C18H20FNO3. The van der Waals surface area contributed by atoms with Gasteiger partial charge in [-0.3, -0.25) is 0 Å². The highest BCUT2D eigenvalue weighted by Crippen LogP contribution is 2.31. The maximum absolute atomic E-state index is 13.7. The first-order valence-corrected chi connectivity index (χ1v) is 7.68. The fourth-order valence-corrected chi connectivity index (χ4v) is 2.71. The Morgan fingerprint density at radius 2 is 2.09 bits per heavy atom. The molecule has 4 nitrogen and oxygen atoms in total. The third kappa shape index (κ3) is 3.23. The van der Waals surface area contributed by atoms with Crippen molar-refractivity contribution >= 4 is 22.6 Å². The Labute approximate surface area is 134 Å². The van der Waals surface area contributed by atoms with E-state index in [1.54, 1.807) is 17.0 Å². The Hall–Kier alpha value is -2.30. The quantitative estimate of drug-likeness (QED) is 0.772. The molecule has 0 fully saturated rings. The Morgan fingerprint density at radius 3 is 2.74 bits per heavy atom. The van der Waals surface area contributed by atoms with Crippen LogP contribution in [0.4, 0.5) is 9.18 Å². The van der Waals surface area contributed by atoms with E-state index in [0.717, 1.165) is 16.5 Å². The second-order valence-corrected chi connectivity index (χ2v) is 6.66. The molecular weight excluding hydrogens is 297 g/mol. The van der Waals surface area contributed by atoms with Crippen LogP contribution in [0.5, 0.6) is 0 Å². The predicted molar refractivity (Wildman–Crippen MR) is 86.6 cm³/mol. The third-order valence-electron chi connectivity index (χ3n) is 3.78. The molecule has 2 heterocycles. The molecule has 0 atom stereocenters. The van der Waals surface area contributed by atoms with Crippen molar-refractivity contribution in [2.24, 2.45) is 0 Å². The molecule has 1 amide bonds. The molecule has 0 saturated heterocycles. The number of hydrogen-bond acceptors (Lipinski definition) is 3. The molecule has 0 radical (unpaired) electrons. The van der Waals surface area contributed by atoms with Crippen LogP contribution in [0.15, 0.2) is 35.0 Å². The van der Waals surface area contributed by atoms with Gasteiger partial charge in [-0.15, -0.1) is 0 Å². The van der Waals surface area contributed by atoms with Crippen molar-refractivity contribution in [1.82, 2.24) is 4.90 Å². The number of amides is 1. The Kier molecular flexibility index (Phi) is 3.88. The fourth-order valence-electron chi connectivity index (χ4n) is 2.71. The highest BCUT2D eigenvalue weighted by atomic mass is 19.1. The molecule has 23 heavy (non-hydrogen) atoms. The molecule has 0 saturated carbocycles. The van der Waals surface area contributed by atoms with Crippen molar-refractivity contribution in [2.45, 2.75) is 32.8 Å². The van der Waals surface area contributed by atoms with Crippen molar-refractivity contribution in [3.63, 3.8) is 0 Å². The lowest BCUT2D eigenvalue weighted by atomic mass is 9.96. The summed E-state index contributed by atoms with van der Waals surface area (Å²) in [6.45, 7) is 6.62. The summed E-state index contributed by atoms with van der Waals surface area (Å²) in [7, 11) is 0. The van der Waals surface area contributed by atoms with Gasteiger partial charge >= 0.3 is 6.09 Å². The minimum atomic E-state index is -0.499. The lowest BCUT2D eigenvalue weighted by molar-refractivity contribution is 0.0270. The molecule has 0 spiro atoms. The van der Waals surface area contributed by atoms with Gasteiger partial charge in [-0.05, 0) is 50.5 Å². The minimum absolute atomic E-state index is 0.276. The number of hydrogen-bond donors (Lipinski definition) is 0. The van der Waals surface area contributed by atoms with E-state index in [4.69, 9.17) is 9.15 Å². The van der Waals surface area contributed by atoms with Gasteiger partial charge in [0.25, 0.3) is 0 Å². The summed E-state index contributed by atoms with van der Waals surface area (Å²) < 4.78 is 24.3. The van der Waals surface area contributed by atoms with Crippen LogP contribution in [-0.4, -0.2) is 29.7 Å². The molecule has 122 valence electrons. The lowest BCUT2D eigenvalue weighted by Crippen LogP contribution is -2.39. The average Bonchev–Trinajstić information content (AvgIpc) is 2.96. The highest BCUT2D eigenvalue weighted by Gasteiger charge is 2.24. The van der Waals surface area contributed by atoms with Crippen LogP contribution in [0.25, 0.3) is 16.5 Å². The third-order valence-corrected chi connectivity index (χ3v) is 3.78. The van der Waals surface area contributed by atoms with Gasteiger partial charge < -0.3 is 14.1 Å². The molecule has 0 N–H and O–H groups in total. The maximum Gasteiger partial charge on any atom is 0.410 e. The first kappa shape index (κ1) is 15.6. The summed E-state index contributed by atoms with van der Waals surface area (Å²) in [6.07, 6.45) is 3.88. The van der Waals surface area contributed by atoms with Gasteiger partial charge in [-0.1, -0.05) is 12.1 Å². The molecule has 1 aliphatic rings. The van der Waals surface area contributed by atoms with E-state index >= 15 is 0 Å². The van der Waals surface area contributed by atoms with Crippen molar-refractivity contribution in [1.29, 1.82) is 0 Å². The van der Waals surface area contributed by atoms with E-state index in [1.807, 2.05) is 26.8 Å².